The number of aryl methyl sites for hydroxylation is 2. The number of nitrogens with zero attached hydrogens (tertiary/aromatic N) is 3. The Kier molecular flexibility index (Phi) is 6.93. The van der Waals surface area contributed by atoms with Crippen molar-refractivity contribution in [2.45, 2.75) is 25.4 Å². The summed E-state index contributed by atoms with van der Waals surface area (Å²) in [5.74, 6) is 0.942. The minimum absolute atomic E-state index is 0.0859. The van der Waals surface area contributed by atoms with Crippen LogP contribution in [0.5, 0.6) is 0 Å². The van der Waals surface area contributed by atoms with Gasteiger partial charge in [0.1, 0.15) is 5.82 Å². The van der Waals surface area contributed by atoms with E-state index in [1.165, 1.54) is 11.8 Å². The molecule has 0 radical (unpaired) electrons. The van der Waals surface area contributed by atoms with Crippen LogP contribution in [0.15, 0.2) is 78.0 Å². The predicted molar refractivity (Wildman–Crippen MR) is 131 cm³/mol. The van der Waals surface area contributed by atoms with Crippen molar-refractivity contribution >= 4 is 35.0 Å². The maximum atomic E-state index is 12.6. The van der Waals surface area contributed by atoms with Crippen LogP contribution in [0.1, 0.15) is 22.5 Å². The highest BCUT2D eigenvalue weighted by Crippen LogP contribution is 2.25. The molecule has 7 heteroatoms. The molecule has 162 valence electrons. The molecule has 1 N–H and O–H groups in total. The number of carbonyl (C=O) groups is 1. The highest BCUT2D eigenvalue weighted by molar-refractivity contribution is 7.99. The van der Waals surface area contributed by atoms with E-state index in [0.717, 1.165) is 33.9 Å². The van der Waals surface area contributed by atoms with Gasteiger partial charge in [-0.05, 0) is 55.3 Å². The molecule has 0 bridgehead atoms. The van der Waals surface area contributed by atoms with Crippen LogP contribution < -0.4 is 5.32 Å². The fourth-order valence-electron chi connectivity index (χ4n) is 3.41. The molecule has 32 heavy (non-hydrogen) atoms. The van der Waals surface area contributed by atoms with Gasteiger partial charge in [0.15, 0.2) is 5.16 Å². The Morgan fingerprint density at radius 2 is 1.75 bits per heavy atom. The number of hydrogen-bond acceptors (Lipinski definition) is 4. The van der Waals surface area contributed by atoms with E-state index in [1.807, 2.05) is 73.0 Å². The van der Waals surface area contributed by atoms with E-state index >= 15 is 0 Å². The van der Waals surface area contributed by atoms with E-state index in [0.29, 0.717) is 16.6 Å². The van der Waals surface area contributed by atoms with E-state index in [-0.39, 0.29) is 11.7 Å². The lowest BCUT2D eigenvalue weighted by molar-refractivity contribution is -0.113. The molecule has 5 nitrogen and oxygen atoms in total. The largest absolute Gasteiger partial charge is 0.325 e. The number of anilines is 1. The Morgan fingerprint density at radius 3 is 2.47 bits per heavy atom. The van der Waals surface area contributed by atoms with Gasteiger partial charge < -0.3 is 5.32 Å². The number of thioether (sulfide) groups is 1. The molecule has 1 amide bonds. The van der Waals surface area contributed by atoms with Crippen LogP contribution in [0, 0.1) is 13.8 Å². The maximum absolute atomic E-state index is 12.6. The molecule has 0 fully saturated rings. The first-order valence-corrected chi connectivity index (χ1v) is 11.6. The molecule has 0 aliphatic heterocycles. The number of hydrogen-bond donors (Lipinski definition) is 1. The number of halogens is 1. The zero-order valence-corrected chi connectivity index (χ0v) is 19.5. The van der Waals surface area contributed by atoms with Gasteiger partial charge in [0.25, 0.3) is 0 Å². The fraction of sp³-hybridized carbons (Fsp3) is 0.160. The van der Waals surface area contributed by atoms with Crippen LogP contribution in [0.4, 0.5) is 5.69 Å². The lowest BCUT2D eigenvalue weighted by Gasteiger charge is -2.11. The Bertz CT molecular complexity index is 1220. The third-order valence-electron chi connectivity index (χ3n) is 4.98. The van der Waals surface area contributed by atoms with E-state index in [4.69, 9.17) is 11.6 Å². The fourth-order valence-corrected chi connectivity index (χ4v) is 4.30. The number of aromatic nitrogens is 3. The predicted octanol–water partition coefficient (Wildman–Crippen LogP) is 5.86. The average Bonchev–Trinajstić information content (AvgIpc) is 3.18. The minimum atomic E-state index is -0.0859. The highest BCUT2D eigenvalue weighted by Gasteiger charge is 2.17. The van der Waals surface area contributed by atoms with E-state index in [9.17, 15) is 4.79 Å². The van der Waals surface area contributed by atoms with Crippen molar-refractivity contribution in [2.75, 3.05) is 11.1 Å². The molecule has 4 aromatic rings. The SMILES string of the molecule is Cc1ccc(NC(=O)CSc2nnc(Cc3ccccc3)n2-c2ccc(Cl)cc2)c(C)c1. The van der Waals surface area contributed by atoms with Crippen molar-refractivity contribution < 1.29 is 4.79 Å². The van der Waals surface area contributed by atoms with Crippen LogP contribution in [0.25, 0.3) is 5.69 Å². The zero-order chi connectivity index (χ0) is 22.5. The monoisotopic (exact) mass is 462 g/mol. The molecular weight excluding hydrogens is 440 g/mol. The first-order valence-electron chi connectivity index (χ1n) is 10.2. The third-order valence-corrected chi connectivity index (χ3v) is 6.16. The smallest absolute Gasteiger partial charge is 0.234 e. The molecule has 0 saturated heterocycles. The second kappa shape index (κ2) is 10.0. The number of carbonyl (C=O) groups excluding carboxylic acids is 1. The summed E-state index contributed by atoms with van der Waals surface area (Å²) >= 11 is 7.44. The van der Waals surface area contributed by atoms with Gasteiger partial charge in [-0.3, -0.25) is 9.36 Å². The maximum Gasteiger partial charge on any atom is 0.234 e. The molecule has 0 unspecified atom stereocenters. The molecule has 0 aliphatic rings. The third kappa shape index (κ3) is 5.39. The van der Waals surface area contributed by atoms with Crippen LogP contribution in [0.3, 0.4) is 0 Å². The van der Waals surface area contributed by atoms with Crippen molar-refractivity contribution in [3.05, 3.63) is 100 Å². The highest BCUT2D eigenvalue weighted by atomic mass is 35.5. The Labute approximate surface area is 196 Å². The average molecular weight is 463 g/mol. The first-order chi connectivity index (χ1) is 15.5. The number of rotatable bonds is 7. The summed E-state index contributed by atoms with van der Waals surface area (Å²) in [6.07, 6.45) is 0.631. The Morgan fingerprint density at radius 1 is 1.00 bits per heavy atom. The summed E-state index contributed by atoms with van der Waals surface area (Å²) in [7, 11) is 0. The van der Waals surface area contributed by atoms with E-state index in [1.54, 1.807) is 0 Å². The van der Waals surface area contributed by atoms with Crippen molar-refractivity contribution in [3.8, 4) is 5.69 Å². The molecule has 1 aromatic heterocycles. The molecule has 0 atom stereocenters. The summed E-state index contributed by atoms with van der Waals surface area (Å²) in [5.41, 5.74) is 5.07. The molecule has 0 spiro atoms. The van der Waals surface area contributed by atoms with Crippen molar-refractivity contribution in [2.24, 2.45) is 0 Å². The topological polar surface area (TPSA) is 59.8 Å². The lowest BCUT2D eigenvalue weighted by Crippen LogP contribution is -2.15. The molecule has 0 aliphatic carbocycles. The molecule has 0 saturated carbocycles. The molecule has 1 heterocycles. The standard InChI is InChI=1S/C25H23ClN4OS/c1-17-8-13-22(18(2)14-17)27-24(31)16-32-25-29-28-23(15-19-6-4-3-5-7-19)30(25)21-11-9-20(26)10-12-21/h3-14H,15-16H2,1-2H3,(H,27,31). The van der Waals surface area contributed by atoms with Gasteiger partial charge in [-0.2, -0.15) is 0 Å². The summed E-state index contributed by atoms with van der Waals surface area (Å²) in [6.45, 7) is 4.02. The van der Waals surface area contributed by atoms with Gasteiger partial charge in [0, 0.05) is 22.8 Å². The normalized spacial score (nSPS) is 10.8. The number of benzene rings is 3. The first kappa shape index (κ1) is 22.1. The molecule has 3 aromatic carbocycles. The second-order valence-electron chi connectivity index (χ2n) is 7.53. The van der Waals surface area contributed by atoms with Crippen molar-refractivity contribution in [3.63, 3.8) is 0 Å². The zero-order valence-electron chi connectivity index (χ0n) is 17.9. The van der Waals surface area contributed by atoms with E-state index < -0.39 is 0 Å². The van der Waals surface area contributed by atoms with Gasteiger partial charge in [0.05, 0.1) is 5.75 Å². The van der Waals surface area contributed by atoms with Crippen molar-refractivity contribution in [1.82, 2.24) is 14.8 Å². The van der Waals surface area contributed by atoms with Gasteiger partial charge in [0.2, 0.25) is 5.91 Å². The Hall–Kier alpha value is -3.09. The summed E-state index contributed by atoms with van der Waals surface area (Å²) in [4.78, 5) is 12.6. The molecular formula is C25H23ClN4OS. The van der Waals surface area contributed by atoms with Crippen LogP contribution in [0.2, 0.25) is 5.02 Å². The summed E-state index contributed by atoms with van der Waals surface area (Å²) < 4.78 is 1.98. The molecule has 4 rings (SSSR count). The van der Waals surface area contributed by atoms with Crippen LogP contribution in [-0.4, -0.2) is 26.4 Å². The van der Waals surface area contributed by atoms with Crippen molar-refractivity contribution in [1.29, 1.82) is 0 Å². The lowest BCUT2D eigenvalue weighted by atomic mass is 10.1. The van der Waals surface area contributed by atoms with Crippen LogP contribution in [-0.2, 0) is 11.2 Å². The van der Waals surface area contributed by atoms with Gasteiger partial charge in [-0.25, -0.2) is 0 Å². The Balaban J connectivity index is 1.55. The van der Waals surface area contributed by atoms with E-state index in [2.05, 4.69) is 33.7 Å². The summed E-state index contributed by atoms with van der Waals surface area (Å²) in [6, 6.07) is 23.6. The minimum Gasteiger partial charge on any atom is -0.325 e. The van der Waals surface area contributed by atoms with Gasteiger partial charge >= 0.3 is 0 Å². The van der Waals surface area contributed by atoms with Gasteiger partial charge in [-0.15, -0.1) is 10.2 Å². The quantitative estimate of drug-likeness (QED) is 0.349. The summed E-state index contributed by atoms with van der Waals surface area (Å²) in [5, 5.41) is 13.1. The second-order valence-corrected chi connectivity index (χ2v) is 8.91. The van der Waals surface area contributed by atoms with Gasteiger partial charge in [-0.1, -0.05) is 71.4 Å². The number of nitrogens with one attached hydrogen (secondary N) is 1. The number of amides is 1. The van der Waals surface area contributed by atoms with Crippen LogP contribution >= 0.6 is 23.4 Å².